The first-order valence-corrected chi connectivity index (χ1v) is 22.1. The van der Waals surface area contributed by atoms with Crippen molar-refractivity contribution in [2.45, 2.75) is 219 Å². The van der Waals surface area contributed by atoms with E-state index in [2.05, 4.69) is 56.5 Å². The summed E-state index contributed by atoms with van der Waals surface area (Å²) in [6.45, 7) is 6.26. The third-order valence-corrected chi connectivity index (χ3v) is 9.68. The molecule has 0 aromatic rings. The van der Waals surface area contributed by atoms with E-state index in [1.807, 2.05) is 30.4 Å². The first kappa shape index (κ1) is 50.6. The number of carbonyl (C=O) groups is 2. The Bertz CT molecular complexity index is 968. The van der Waals surface area contributed by atoms with Crippen molar-refractivity contribution in [1.29, 1.82) is 0 Å². The van der Waals surface area contributed by atoms with Gasteiger partial charge in [0.25, 0.3) is 0 Å². The minimum absolute atomic E-state index is 0.0463. The molecule has 1 amide bonds. The molecule has 6 nitrogen and oxygen atoms in total. The summed E-state index contributed by atoms with van der Waals surface area (Å²) in [6.07, 6.45) is 48.5. The van der Waals surface area contributed by atoms with E-state index < -0.39 is 18.2 Å². The molecule has 0 heterocycles. The van der Waals surface area contributed by atoms with E-state index in [0.717, 1.165) is 77.0 Å². The van der Waals surface area contributed by atoms with Crippen LogP contribution < -0.4 is 5.32 Å². The molecule has 0 fully saturated rings. The Hall–Kier alpha value is -2.44. The van der Waals surface area contributed by atoms with Gasteiger partial charge in [-0.3, -0.25) is 9.59 Å². The van der Waals surface area contributed by atoms with Crippen molar-refractivity contribution in [3.8, 4) is 0 Å². The molecule has 3 atom stereocenters. The van der Waals surface area contributed by atoms with E-state index in [4.69, 9.17) is 4.74 Å². The molecular formula is C47H83NO5. The van der Waals surface area contributed by atoms with Gasteiger partial charge in [0, 0.05) is 6.42 Å². The summed E-state index contributed by atoms with van der Waals surface area (Å²) in [4.78, 5) is 25.9. The third-order valence-electron chi connectivity index (χ3n) is 9.68. The number of rotatable bonds is 38. The molecular weight excluding hydrogens is 659 g/mol. The van der Waals surface area contributed by atoms with Gasteiger partial charge >= 0.3 is 5.97 Å². The molecule has 6 heteroatoms. The van der Waals surface area contributed by atoms with Gasteiger partial charge in [-0.05, 0) is 64.2 Å². The van der Waals surface area contributed by atoms with Gasteiger partial charge < -0.3 is 20.3 Å². The number of hydrogen-bond acceptors (Lipinski definition) is 5. The van der Waals surface area contributed by atoms with Crippen LogP contribution in [0.25, 0.3) is 0 Å². The average molecular weight is 742 g/mol. The van der Waals surface area contributed by atoms with Gasteiger partial charge in [0.05, 0.1) is 25.2 Å². The molecule has 0 saturated carbocycles. The summed E-state index contributed by atoms with van der Waals surface area (Å²) in [5.41, 5.74) is 0. The molecule has 0 aliphatic heterocycles. The molecule has 0 aromatic heterocycles. The number of esters is 1. The van der Waals surface area contributed by atoms with Crippen LogP contribution in [0, 0.1) is 0 Å². The number of amides is 1. The summed E-state index contributed by atoms with van der Waals surface area (Å²) in [5, 5.41) is 23.6. The van der Waals surface area contributed by atoms with Crippen LogP contribution in [0.15, 0.2) is 60.8 Å². The first-order valence-electron chi connectivity index (χ1n) is 22.1. The van der Waals surface area contributed by atoms with E-state index in [-0.39, 0.29) is 24.9 Å². The number of ether oxygens (including phenoxy) is 1. The Morgan fingerprint density at radius 3 is 1.68 bits per heavy atom. The SMILES string of the molecule is CC/C=C/C=C/C=C/C=C\CCCCCC(CC(=O)NC(CO)C(O)CCCCCCCCCCCC)OC(=O)CCCCCCC/C=C\CCCC. The zero-order chi connectivity index (χ0) is 38.9. The molecule has 0 aliphatic carbocycles. The summed E-state index contributed by atoms with van der Waals surface area (Å²) < 4.78 is 5.87. The molecule has 53 heavy (non-hydrogen) atoms. The highest BCUT2D eigenvalue weighted by Crippen LogP contribution is 2.17. The molecule has 3 unspecified atom stereocenters. The van der Waals surface area contributed by atoms with Crippen LogP contribution in [0.5, 0.6) is 0 Å². The molecule has 0 radical (unpaired) electrons. The van der Waals surface area contributed by atoms with Crippen LogP contribution in [0.2, 0.25) is 0 Å². The quantitative estimate of drug-likeness (QED) is 0.0253. The lowest BCUT2D eigenvalue weighted by molar-refractivity contribution is -0.151. The summed E-state index contributed by atoms with van der Waals surface area (Å²) in [6, 6.07) is -0.714. The molecule has 0 rings (SSSR count). The number of nitrogens with one attached hydrogen (secondary N) is 1. The molecule has 0 spiro atoms. The highest BCUT2D eigenvalue weighted by molar-refractivity contribution is 5.77. The predicted octanol–water partition coefficient (Wildman–Crippen LogP) is 12.5. The van der Waals surface area contributed by atoms with E-state index >= 15 is 0 Å². The standard InChI is InChI=1S/C47H83NO5/c1-4-7-10-13-16-19-22-23-25-26-29-32-35-38-43(53-47(52)40-37-34-31-28-24-20-17-14-11-8-5-2)41-46(51)48-44(42-49)45(50)39-36-33-30-27-21-18-15-12-9-6-3/h7,10,13-14,16-17,19,22-23,25,43-45,49-50H,4-6,8-9,11-12,15,18,20-21,24,26-42H2,1-3H3,(H,48,51)/b10-7+,16-13+,17-14-,22-19+,25-23-. The van der Waals surface area contributed by atoms with Gasteiger partial charge in [-0.15, -0.1) is 0 Å². The Morgan fingerprint density at radius 2 is 1.06 bits per heavy atom. The van der Waals surface area contributed by atoms with Gasteiger partial charge in [0.2, 0.25) is 5.91 Å². The van der Waals surface area contributed by atoms with Crippen molar-refractivity contribution in [3.05, 3.63) is 60.8 Å². The smallest absolute Gasteiger partial charge is 0.306 e. The Kier molecular flexibility index (Phi) is 38.9. The second-order valence-electron chi connectivity index (χ2n) is 14.8. The number of unbranched alkanes of at least 4 members (excludes halogenated alkanes) is 19. The fourth-order valence-corrected chi connectivity index (χ4v) is 6.30. The Morgan fingerprint density at radius 1 is 0.566 bits per heavy atom. The maximum Gasteiger partial charge on any atom is 0.306 e. The van der Waals surface area contributed by atoms with E-state index in [0.29, 0.717) is 19.3 Å². The van der Waals surface area contributed by atoms with Crippen molar-refractivity contribution in [3.63, 3.8) is 0 Å². The molecule has 0 aliphatic rings. The summed E-state index contributed by atoms with van der Waals surface area (Å²) >= 11 is 0. The average Bonchev–Trinajstić information content (AvgIpc) is 3.15. The topological polar surface area (TPSA) is 95.9 Å². The van der Waals surface area contributed by atoms with Crippen LogP contribution in [-0.4, -0.2) is 46.9 Å². The fraction of sp³-hybridized carbons (Fsp3) is 0.745. The summed E-state index contributed by atoms with van der Waals surface area (Å²) in [5.74, 6) is -0.531. The van der Waals surface area contributed by atoms with Gasteiger partial charge in [-0.1, -0.05) is 184 Å². The maximum atomic E-state index is 13.1. The normalized spacial score (nSPS) is 14.0. The number of aliphatic hydroxyl groups is 2. The van der Waals surface area contributed by atoms with Crippen molar-refractivity contribution in [2.75, 3.05) is 6.61 Å². The number of allylic oxidation sites excluding steroid dienone is 10. The summed E-state index contributed by atoms with van der Waals surface area (Å²) in [7, 11) is 0. The minimum atomic E-state index is -0.798. The van der Waals surface area contributed by atoms with Crippen molar-refractivity contribution in [2.24, 2.45) is 0 Å². The van der Waals surface area contributed by atoms with Crippen LogP contribution in [0.1, 0.15) is 201 Å². The van der Waals surface area contributed by atoms with Crippen molar-refractivity contribution in [1.82, 2.24) is 5.32 Å². The largest absolute Gasteiger partial charge is 0.462 e. The van der Waals surface area contributed by atoms with E-state index in [1.165, 1.54) is 77.0 Å². The molecule has 0 aromatic carbocycles. The highest BCUT2D eigenvalue weighted by Gasteiger charge is 2.24. The molecule has 0 bridgehead atoms. The van der Waals surface area contributed by atoms with Crippen LogP contribution in [-0.2, 0) is 14.3 Å². The van der Waals surface area contributed by atoms with E-state index in [9.17, 15) is 19.8 Å². The van der Waals surface area contributed by atoms with Crippen molar-refractivity contribution >= 4 is 11.9 Å². The lowest BCUT2D eigenvalue weighted by Crippen LogP contribution is -2.46. The second kappa shape index (κ2) is 40.7. The number of carbonyl (C=O) groups excluding carboxylic acids is 2. The zero-order valence-electron chi connectivity index (χ0n) is 34.6. The Balaban J connectivity index is 4.71. The van der Waals surface area contributed by atoms with Gasteiger partial charge in [-0.2, -0.15) is 0 Å². The fourth-order valence-electron chi connectivity index (χ4n) is 6.30. The zero-order valence-corrected chi connectivity index (χ0v) is 34.6. The van der Waals surface area contributed by atoms with E-state index in [1.54, 1.807) is 0 Å². The van der Waals surface area contributed by atoms with Crippen LogP contribution in [0.4, 0.5) is 0 Å². The molecule has 0 saturated heterocycles. The lowest BCUT2D eigenvalue weighted by atomic mass is 10.0. The van der Waals surface area contributed by atoms with Crippen LogP contribution in [0.3, 0.4) is 0 Å². The number of hydrogen-bond donors (Lipinski definition) is 3. The van der Waals surface area contributed by atoms with Crippen LogP contribution >= 0.6 is 0 Å². The van der Waals surface area contributed by atoms with Crippen molar-refractivity contribution < 1.29 is 24.5 Å². The Labute approximate surface area is 327 Å². The van der Waals surface area contributed by atoms with Gasteiger partial charge in [0.1, 0.15) is 6.10 Å². The highest BCUT2D eigenvalue weighted by atomic mass is 16.5. The molecule has 306 valence electrons. The maximum absolute atomic E-state index is 13.1. The first-order chi connectivity index (χ1) is 26.0. The minimum Gasteiger partial charge on any atom is -0.462 e. The molecule has 3 N–H and O–H groups in total. The predicted molar refractivity (Wildman–Crippen MR) is 227 cm³/mol. The van der Waals surface area contributed by atoms with Gasteiger partial charge in [-0.25, -0.2) is 0 Å². The monoisotopic (exact) mass is 742 g/mol. The van der Waals surface area contributed by atoms with Gasteiger partial charge in [0.15, 0.2) is 0 Å². The number of aliphatic hydroxyl groups excluding tert-OH is 2. The second-order valence-corrected chi connectivity index (χ2v) is 14.8. The lowest BCUT2D eigenvalue weighted by Gasteiger charge is -2.24. The third kappa shape index (κ3) is 36.3.